The Morgan fingerprint density at radius 2 is 1.89 bits per heavy atom. The highest BCUT2D eigenvalue weighted by atomic mass is 35.5. The Hall–Kier alpha value is -2.02. The quantitative estimate of drug-likeness (QED) is 0.564. The van der Waals surface area contributed by atoms with E-state index in [1.807, 2.05) is 30.3 Å². The van der Waals surface area contributed by atoms with Crippen molar-refractivity contribution < 1.29 is 4.74 Å². The van der Waals surface area contributed by atoms with Crippen molar-refractivity contribution >= 4 is 17.6 Å². The lowest BCUT2D eigenvalue weighted by Gasteiger charge is -2.35. The van der Waals surface area contributed by atoms with Crippen LogP contribution in [0.15, 0.2) is 53.8 Å². The molecule has 2 heterocycles. The molecule has 0 amide bonds. The lowest BCUT2D eigenvalue weighted by atomic mass is 10.0. The van der Waals surface area contributed by atoms with Gasteiger partial charge in [0.15, 0.2) is 5.96 Å². The standard InChI is InChI=1S/C20H28ClN5O/c1-22-20(23-8-11-25-9-4-5-10-25)24-16-19(26-12-14-27-15-13-26)17-6-2-3-7-18(17)21/h2-7,9-10,19H,8,11-16H2,1H3,(H2,22,23,24). The number of nitrogens with one attached hydrogen (secondary N) is 2. The molecule has 1 aromatic carbocycles. The van der Waals surface area contributed by atoms with Gasteiger partial charge < -0.3 is 19.9 Å². The second kappa shape index (κ2) is 10.3. The molecule has 1 atom stereocenters. The van der Waals surface area contributed by atoms with Crippen LogP contribution < -0.4 is 10.6 Å². The zero-order chi connectivity index (χ0) is 18.9. The normalized spacial score (nSPS) is 16.9. The maximum atomic E-state index is 6.49. The summed E-state index contributed by atoms with van der Waals surface area (Å²) in [6.45, 7) is 5.74. The van der Waals surface area contributed by atoms with Crippen molar-refractivity contribution in [3.63, 3.8) is 0 Å². The van der Waals surface area contributed by atoms with Crippen molar-refractivity contribution in [2.45, 2.75) is 12.6 Å². The summed E-state index contributed by atoms with van der Waals surface area (Å²) in [5.74, 6) is 0.799. The Bertz CT molecular complexity index is 713. The predicted octanol–water partition coefficient (Wildman–Crippen LogP) is 2.38. The van der Waals surface area contributed by atoms with Crippen molar-refractivity contribution in [3.05, 3.63) is 59.4 Å². The van der Waals surface area contributed by atoms with Crippen molar-refractivity contribution in [2.24, 2.45) is 4.99 Å². The molecule has 27 heavy (non-hydrogen) atoms. The summed E-state index contributed by atoms with van der Waals surface area (Å²) < 4.78 is 7.66. The number of morpholine rings is 1. The van der Waals surface area contributed by atoms with E-state index in [0.29, 0.717) is 0 Å². The van der Waals surface area contributed by atoms with Crippen LogP contribution in [0.2, 0.25) is 5.02 Å². The van der Waals surface area contributed by atoms with Gasteiger partial charge >= 0.3 is 0 Å². The Kier molecular flexibility index (Phi) is 7.56. The third-order valence-electron chi connectivity index (χ3n) is 4.77. The van der Waals surface area contributed by atoms with Gasteiger partial charge in [0.1, 0.15) is 0 Å². The van der Waals surface area contributed by atoms with Crippen LogP contribution in [0, 0.1) is 0 Å². The minimum absolute atomic E-state index is 0.172. The zero-order valence-electron chi connectivity index (χ0n) is 15.8. The number of hydrogen-bond acceptors (Lipinski definition) is 3. The van der Waals surface area contributed by atoms with Crippen molar-refractivity contribution in [1.82, 2.24) is 20.1 Å². The van der Waals surface area contributed by atoms with Crippen LogP contribution in [-0.2, 0) is 11.3 Å². The molecular weight excluding hydrogens is 362 g/mol. The molecule has 1 unspecified atom stereocenters. The van der Waals surface area contributed by atoms with E-state index in [0.717, 1.165) is 62.5 Å². The molecule has 0 spiro atoms. The topological polar surface area (TPSA) is 53.8 Å². The molecule has 1 aliphatic heterocycles. The molecule has 2 N–H and O–H groups in total. The van der Waals surface area contributed by atoms with Crippen LogP contribution in [0.1, 0.15) is 11.6 Å². The first-order chi connectivity index (χ1) is 13.3. The van der Waals surface area contributed by atoms with Crippen LogP contribution >= 0.6 is 11.6 Å². The Labute approximate surface area is 166 Å². The van der Waals surface area contributed by atoms with Gasteiger partial charge in [0, 0.05) is 57.2 Å². The van der Waals surface area contributed by atoms with Gasteiger partial charge in [0.25, 0.3) is 0 Å². The fourth-order valence-electron chi connectivity index (χ4n) is 3.31. The van der Waals surface area contributed by atoms with Crippen LogP contribution in [0.3, 0.4) is 0 Å². The number of aliphatic imine (C=N–C) groups is 1. The van der Waals surface area contributed by atoms with E-state index in [9.17, 15) is 0 Å². The summed E-state index contributed by atoms with van der Waals surface area (Å²) in [4.78, 5) is 6.77. The minimum Gasteiger partial charge on any atom is -0.379 e. The SMILES string of the molecule is CN=C(NCCn1cccc1)NCC(c1ccccc1Cl)N1CCOCC1. The van der Waals surface area contributed by atoms with E-state index >= 15 is 0 Å². The van der Waals surface area contributed by atoms with Crippen molar-refractivity contribution in [2.75, 3.05) is 46.4 Å². The van der Waals surface area contributed by atoms with Gasteiger partial charge in [-0.2, -0.15) is 0 Å². The molecular formula is C20H28ClN5O. The maximum absolute atomic E-state index is 6.49. The Morgan fingerprint density at radius 3 is 2.59 bits per heavy atom. The smallest absolute Gasteiger partial charge is 0.191 e. The highest BCUT2D eigenvalue weighted by Crippen LogP contribution is 2.27. The number of rotatable bonds is 7. The predicted molar refractivity (Wildman–Crippen MR) is 110 cm³/mol. The molecule has 0 radical (unpaired) electrons. The van der Waals surface area contributed by atoms with E-state index < -0.39 is 0 Å². The van der Waals surface area contributed by atoms with E-state index in [-0.39, 0.29) is 6.04 Å². The molecule has 0 saturated carbocycles. The summed E-state index contributed by atoms with van der Waals surface area (Å²) in [5.41, 5.74) is 1.14. The average Bonchev–Trinajstić information content (AvgIpc) is 3.22. The third-order valence-corrected chi connectivity index (χ3v) is 5.11. The highest BCUT2D eigenvalue weighted by molar-refractivity contribution is 6.31. The first kappa shape index (κ1) is 19.7. The lowest BCUT2D eigenvalue weighted by Crippen LogP contribution is -2.46. The van der Waals surface area contributed by atoms with Gasteiger partial charge in [-0.05, 0) is 23.8 Å². The second-order valence-corrected chi connectivity index (χ2v) is 6.89. The van der Waals surface area contributed by atoms with Crippen LogP contribution in [0.25, 0.3) is 0 Å². The van der Waals surface area contributed by atoms with E-state index in [2.05, 4.69) is 43.6 Å². The summed E-state index contributed by atoms with van der Waals surface area (Å²) in [6.07, 6.45) is 4.12. The van der Waals surface area contributed by atoms with Crippen LogP contribution in [0.4, 0.5) is 0 Å². The number of benzene rings is 1. The average molecular weight is 390 g/mol. The van der Waals surface area contributed by atoms with Gasteiger partial charge in [-0.25, -0.2) is 0 Å². The molecule has 1 aromatic heterocycles. The van der Waals surface area contributed by atoms with Crippen molar-refractivity contribution in [1.29, 1.82) is 0 Å². The van der Waals surface area contributed by atoms with Crippen LogP contribution in [0.5, 0.6) is 0 Å². The van der Waals surface area contributed by atoms with Gasteiger partial charge in [0.05, 0.1) is 19.3 Å². The number of ether oxygens (including phenoxy) is 1. The first-order valence-electron chi connectivity index (χ1n) is 9.39. The van der Waals surface area contributed by atoms with Crippen molar-refractivity contribution in [3.8, 4) is 0 Å². The number of nitrogens with zero attached hydrogens (tertiary/aromatic N) is 3. The van der Waals surface area contributed by atoms with E-state index in [4.69, 9.17) is 16.3 Å². The molecule has 6 nitrogen and oxygen atoms in total. The fourth-order valence-corrected chi connectivity index (χ4v) is 3.57. The van der Waals surface area contributed by atoms with E-state index in [1.54, 1.807) is 7.05 Å². The molecule has 1 saturated heterocycles. The summed E-state index contributed by atoms with van der Waals surface area (Å²) >= 11 is 6.49. The molecule has 0 aliphatic carbocycles. The first-order valence-corrected chi connectivity index (χ1v) is 9.77. The minimum atomic E-state index is 0.172. The monoisotopic (exact) mass is 389 g/mol. The Balaban J connectivity index is 1.60. The van der Waals surface area contributed by atoms with Gasteiger partial charge in [-0.15, -0.1) is 0 Å². The zero-order valence-corrected chi connectivity index (χ0v) is 16.5. The van der Waals surface area contributed by atoms with Gasteiger partial charge in [0.2, 0.25) is 0 Å². The highest BCUT2D eigenvalue weighted by Gasteiger charge is 2.24. The van der Waals surface area contributed by atoms with Gasteiger partial charge in [-0.3, -0.25) is 9.89 Å². The molecule has 2 aromatic rings. The number of aromatic nitrogens is 1. The van der Waals surface area contributed by atoms with Crippen LogP contribution in [-0.4, -0.2) is 61.9 Å². The molecule has 0 bridgehead atoms. The number of guanidine groups is 1. The third kappa shape index (κ3) is 5.73. The summed E-state index contributed by atoms with van der Waals surface area (Å²) in [7, 11) is 1.80. The summed E-state index contributed by atoms with van der Waals surface area (Å²) in [6, 6.07) is 12.3. The molecule has 3 rings (SSSR count). The molecule has 7 heteroatoms. The largest absolute Gasteiger partial charge is 0.379 e. The van der Waals surface area contributed by atoms with E-state index in [1.165, 1.54) is 0 Å². The fraction of sp³-hybridized carbons (Fsp3) is 0.450. The molecule has 1 fully saturated rings. The molecule has 1 aliphatic rings. The number of hydrogen-bond donors (Lipinski definition) is 2. The molecule has 146 valence electrons. The Morgan fingerprint density at radius 1 is 1.15 bits per heavy atom. The lowest BCUT2D eigenvalue weighted by molar-refractivity contribution is 0.0170. The maximum Gasteiger partial charge on any atom is 0.191 e. The second-order valence-electron chi connectivity index (χ2n) is 6.49. The number of halogens is 1. The van der Waals surface area contributed by atoms with Gasteiger partial charge in [-0.1, -0.05) is 29.8 Å². The summed E-state index contributed by atoms with van der Waals surface area (Å²) in [5, 5.41) is 7.63.